The smallest absolute Gasteiger partial charge is 0.235 e. The minimum atomic E-state index is -0.679. The molecule has 19 heavy (non-hydrogen) atoms. The molecular weight excluding hydrogens is 318 g/mol. The zero-order valence-corrected chi connectivity index (χ0v) is 11.3. The summed E-state index contributed by atoms with van der Waals surface area (Å²) in [5, 5.41) is 20.6. The van der Waals surface area contributed by atoms with Gasteiger partial charge in [-0.3, -0.25) is 20.2 Å². The van der Waals surface area contributed by atoms with Crippen LogP contribution >= 0.6 is 34.8 Å². The monoisotopic (exact) mass is 322 g/mol. The second-order valence-electron chi connectivity index (χ2n) is 3.19. The highest BCUT2D eigenvalue weighted by atomic mass is 35.5. The fraction of sp³-hybridized carbons (Fsp3) is 0. The maximum absolute atomic E-state index is 10.2. The highest BCUT2D eigenvalue weighted by Crippen LogP contribution is 2.36. The molecule has 100 valence electrons. The predicted octanol–water partition coefficient (Wildman–Crippen LogP) is 4.14. The van der Waals surface area contributed by atoms with E-state index in [1.807, 2.05) is 0 Å². The van der Waals surface area contributed by atoms with Crippen LogP contribution in [0.4, 0.5) is 0 Å². The van der Waals surface area contributed by atoms with Crippen LogP contribution in [0.15, 0.2) is 18.5 Å². The van der Waals surface area contributed by atoms with Gasteiger partial charge < -0.3 is 0 Å². The van der Waals surface area contributed by atoms with E-state index in [0.717, 1.165) is 12.2 Å². The topological polar surface area (TPSA) is 86.3 Å². The lowest BCUT2D eigenvalue weighted by Gasteiger charge is -2.06. The van der Waals surface area contributed by atoms with Gasteiger partial charge in [-0.2, -0.15) is 0 Å². The van der Waals surface area contributed by atoms with Crippen molar-refractivity contribution in [3.63, 3.8) is 0 Å². The van der Waals surface area contributed by atoms with Crippen molar-refractivity contribution >= 4 is 47.0 Å². The Morgan fingerprint density at radius 2 is 1.47 bits per heavy atom. The van der Waals surface area contributed by atoms with Crippen molar-refractivity contribution < 1.29 is 9.85 Å². The van der Waals surface area contributed by atoms with Gasteiger partial charge in [0.2, 0.25) is 12.4 Å². The second kappa shape index (κ2) is 6.51. The van der Waals surface area contributed by atoms with Crippen LogP contribution in [0.1, 0.15) is 11.1 Å². The van der Waals surface area contributed by atoms with Crippen LogP contribution in [0.5, 0.6) is 0 Å². The molecule has 0 fully saturated rings. The third-order valence-electron chi connectivity index (χ3n) is 1.96. The number of nitro groups is 2. The molecule has 0 heterocycles. The molecule has 0 aliphatic carbocycles. The molecule has 0 unspecified atom stereocenters. The molecule has 0 spiro atoms. The Morgan fingerprint density at radius 1 is 0.947 bits per heavy atom. The van der Waals surface area contributed by atoms with E-state index in [9.17, 15) is 20.2 Å². The molecule has 0 amide bonds. The van der Waals surface area contributed by atoms with E-state index < -0.39 is 9.85 Å². The number of nitrogens with zero attached hydrogens (tertiary/aromatic N) is 2. The van der Waals surface area contributed by atoms with E-state index in [4.69, 9.17) is 34.8 Å². The Morgan fingerprint density at radius 3 is 2.00 bits per heavy atom. The first-order valence-electron chi connectivity index (χ1n) is 4.64. The molecule has 0 saturated heterocycles. The SMILES string of the molecule is O=[N+]([O-])/C=C\c1cc(Cl)c(/C=C/[N+](=O)[O-])c(Cl)c1Cl. The van der Waals surface area contributed by atoms with E-state index in [2.05, 4.69) is 0 Å². The van der Waals surface area contributed by atoms with Gasteiger partial charge in [0.1, 0.15) is 0 Å². The van der Waals surface area contributed by atoms with Crippen LogP contribution in [0.25, 0.3) is 12.2 Å². The molecule has 0 aliphatic heterocycles. The predicted molar refractivity (Wildman–Crippen MR) is 73.5 cm³/mol. The number of hydrogen-bond donors (Lipinski definition) is 0. The van der Waals surface area contributed by atoms with E-state index in [1.165, 1.54) is 6.07 Å². The standard InChI is InChI=1S/C10H5Cl3N2O4/c11-8-5-6(1-3-14(16)17)9(12)10(13)7(8)2-4-15(18)19/h1-5H/b3-1-,4-2+. The van der Waals surface area contributed by atoms with E-state index in [-0.39, 0.29) is 26.2 Å². The molecule has 0 aliphatic rings. The largest absolute Gasteiger partial charge is 0.259 e. The normalized spacial score (nSPS) is 11.3. The molecule has 1 aromatic rings. The van der Waals surface area contributed by atoms with Crippen LogP contribution in [0.2, 0.25) is 15.1 Å². The van der Waals surface area contributed by atoms with Crippen molar-refractivity contribution in [2.45, 2.75) is 0 Å². The highest BCUT2D eigenvalue weighted by molar-refractivity contribution is 6.45. The number of rotatable bonds is 4. The Bertz CT molecular complexity index is 599. The average molecular weight is 324 g/mol. The molecule has 0 radical (unpaired) electrons. The maximum atomic E-state index is 10.2. The molecule has 0 N–H and O–H groups in total. The lowest BCUT2D eigenvalue weighted by Crippen LogP contribution is -1.89. The number of benzene rings is 1. The zero-order valence-electron chi connectivity index (χ0n) is 9.05. The minimum Gasteiger partial charge on any atom is -0.259 e. The van der Waals surface area contributed by atoms with Crippen LogP contribution in [-0.4, -0.2) is 9.85 Å². The van der Waals surface area contributed by atoms with Gasteiger partial charge in [0.05, 0.1) is 24.9 Å². The Balaban J connectivity index is 3.30. The van der Waals surface area contributed by atoms with Crippen molar-refractivity contribution in [3.8, 4) is 0 Å². The quantitative estimate of drug-likeness (QED) is 0.473. The Hall–Kier alpha value is -1.63. The van der Waals surface area contributed by atoms with Gasteiger partial charge in [0.25, 0.3) is 0 Å². The van der Waals surface area contributed by atoms with Crippen molar-refractivity contribution in [1.29, 1.82) is 0 Å². The Kier molecular flexibility index (Phi) is 5.29. The molecule has 1 aromatic carbocycles. The Labute approximate surface area is 122 Å². The molecule has 0 saturated carbocycles. The summed E-state index contributed by atoms with van der Waals surface area (Å²) < 4.78 is 0. The summed E-state index contributed by atoms with van der Waals surface area (Å²) in [6.45, 7) is 0. The molecule has 0 bridgehead atoms. The fourth-order valence-electron chi connectivity index (χ4n) is 1.18. The summed E-state index contributed by atoms with van der Waals surface area (Å²) in [5.41, 5.74) is 0.412. The van der Waals surface area contributed by atoms with Gasteiger partial charge in [0.15, 0.2) is 0 Å². The molecule has 0 atom stereocenters. The van der Waals surface area contributed by atoms with Crippen molar-refractivity contribution in [1.82, 2.24) is 0 Å². The first kappa shape index (κ1) is 15.4. The summed E-state index contributed by atoms with van der Waals surface area (Å²) >= 11 is 17.7. The van der Waals surface area contributed by atoms with Crippen molar-refractivity contribution in [2.75, 3.05) is 0 Å². The van der Waals surface area contributed by atoms with Crippen LogP contribution in [0, 0.1) is 20.2 Å². The van der Waals surface area contributed by atoms with E-state index in [0.29, 0.717) is 12.4 Å². The first-order valence-corrected chi connectivity index (χ1v) is 5.77. The van der Waals surface area contributed by atoms with Crippen LogP contribution in [0.3, 0.4) is 0 Å². The second-order valence-corrected chi connectivity index (χ2v) is 4.35. The van der Waals surface area contributed by atoms with E-state index >= 15 is 0 Å². The van der Waals surface area contributed by atoms with Gasteiger partial charge in [-0.1, -0.05) is 34.8 Å². The molecule has 1 rings (SSSR count). The summed E-state index contributed by atoms with van der Waals surface area (Å²) in [4.78, 5) is 19.1. The molecule has 9 heteroatoms. The molecule has 6 nitrogen and oxygen atoms in total. The summed E-state index contributed by atoms with van der Waals surface area (Å²) in [6.07, 6.45) is 3.56. The van der Waals surface area contributed by atoms with Crippen LogP contribution < -0.4 is 0 Å². The number of hydrogen-bond acceptors (Lipinski definition) is 4. The third-order valence-corrected chi connectivity index (χ3v) is 3.17. The first-order chi connectivity index (χ1) is 8.82. The molecule has 0 aromatic heterocycles. The highest BCUT2D eigenvalue weighted by Gasteiger charge is 2.13. The summed E-state index contributed by atoms with van der Waals surface area (Å²) in [7, 11) is 0. The van der Waals surface area contributed by atoms with Gasteiger partial charge in [-0.05, 0) is 6.07 Å². The average Bonchev–Trinajstić information content (AvgIpc) is 2.31. The number of halogens is 3. The fourth-order valence-corrected chi connectivity index (χ4v) is 1.99. The summed E-state index contributed by atoms with van der Waals surface area (Å²) in [6, 6.07) is 1.33. The van der Waals surface area contributed by atoms with Gasteiger partial charge >= 0.3 is 0 Å². The van der Waals surface area contributed by atoms with Crippen molar-refractivity contribution in [3.05, 3.63) is 64.9 Å². The van der Waals surface area contributed by atoms with E-state index in [1.54, 1.807) is 0 Å². The lowest BCUT2D eigenvalue weighted by molar-refractivity contribution is -0.401. The minimum absolute atomic E-state index is 0.0183. The summed E-state index contributed by atoms with van der Waals surface area (Å²) in [5.74, 6) is 0. The van der Waals surface area contributed by atoms with Gasteiger partial charge in [-0.15, -0.1) is 0 Å². The molecular formula is C10H5Cl3N2O4. The maximum Gasteiger partial charge on any atom is 0.235 e. The zero-order chi connectivity index (χ0) is 14.6. The van der Waals surface area contributed by atoms with Gasteiger partial charge in [0, 0.05) is 23.3 Å². The van der Waals surface area contributed by atoms with Gasteiger partial charge in [-0.25, -0.2) is 0 Å². The van der Waals surface area contributed by atoms with Crippen molar-refractivity contribution in [2.24, 2.45) is 0 Å². The lowest BCUT2D eigenvalue weighted by atomic mass is 10.1. The van der Waals surface area contributed by atoms with Crippen LogP contribution in [-0.2, 0) is 0 Å². The third kappa shape index (κ3) is 4.20.